The molecule has 21 heavy (non-hydrogen) atoms. The summed E-state index contributed by atoms with van der Waals surface area (Å²) >= 11 is 0. The first-order valence-electron chi connectivity index (χ1n) is 5.99. The van der Waals surface area contributed by atoms with Gasteiger partial charge in [0.2, 0.25) is 0 Å². The molecule has 0 unspecified atom stereocenters. The first-order valence-corrected chi connectivity index (χ1v) is 8.30. The van der Waals surface area contributed by atoms with Gasteiger partial charge in [-0.1, -0.05) is 0 Å². The van der Waals surface area contributed by atoms with Crippen LogP contribution in [0.15, 0.2) is 17.0 Å². The van der Waals surface area contributed by atoms with Gasteiger partial charge >= 0.3 is 0 Å². The van der Waals surface area contributed by atoms with Crippen LogP contribution in [0, 0.1) is 11.6 Å². The van der Waals surface area contributed by atoms with E-state index in [1.165, 1.54) is 0 Å². The third-order valence-corrected chi connectivity index (χ3v) is 4.63. The Morgan fingerprint density at radius 3 is 2.48 bits per heavy atom. The predicted molar refractivity (Wildman–Crippen MR) is 70.7 cm³/mol. The zero-order valence-electron chi connectivity index (χ0n) is 10.9. The monoisotopic (exact) mass is 339 g/mol. The van der Waals surface area contributed by atoms with Gasteiger partial charge in [0.25, 0.3) is 15.0 Å². The average molecular weight is 340 g/mol. The lowest BCUT2D eigenvalue weighted by molar-refractivity contribution is 0.0175. The molecule has 0 spiro atoms. The van der Waals surface area contributed by atoms with Crippen LogP contribution in [0.1, 0.15) is 23.2 Å². The Bertz CT molecular complexity index is 674. The van der Waals surface area contributed by atoms with Gasteiger partial charge in [0.15, 0.2) is 0 Å². The van der Waals surface area contributed by atoms with Crippen LogP contribution in [-0.2, 0) is 13.8 Å². The van der Waals surface area contributed by atoms with Crippen LogP contribution >= 0.6 is 10.7 Å². The number of hydrogen-bond acceptors (Lipinski definition) is 4. The third kappa shape index (κ3) is 3.50. The number of rotatable bonds is 4. The van der Waals surface area contributed by atoms with Gasteiger partial charge in [-0.2, -0.15) is 0 Å². The van der Waals surface area contributed by atoms with Crippen molar-refractivity contribution in [3.8, 4) is 0 Å². The number of benzene rings is 1. The fourth-order valence-electron chi connectivity index (χ4n) is 2.03. The van der Waals surface area contributed by atoms with Gasteiger partial charge in [-0.15, -0.1) is 0 Å². The maximum Gasteiger partial charge on any atom is 0.264 e. The number of carbonyl (C=O) groups is 1. The van der Waals surface area contributed by atoms with E-state index in [1.54, 1.807) is 7.11 Å². The number of carbonyl (C=O) groups excluding carboxylic acids is 1. The van der Waals surface area contributed by atoms with Crippen molar-refractivity contribution < 1.29 is 26.7 Å². The number of hydrogen-bond donors (Lipinski definition) is 1. The van der Waals surface area contributed by atoms with Crippen molar-refractivity contribution >= 4 is 25.6 Å². The highest BCUT2D eigenvalue weighted by molar-refractivity contribution is 8.13. The van der Waals surface area contributed by atoms with Crippen LogP contribution in [0.3, 0.4) is 0 Å². The lowest BCUT2D eigenvalue weighted by Gasteiger charge is -2.34. The molecule has 0 aliphatic heterocycles. The van der Waals surface area contributed by atoms with Gasteiger partial charge in [-0.25, -0.2) is 17.2 Å². The highest BCUT2D eigenvalue weighted by Gasteiger charge is 2.31. The molecular formula is C12H12ClF2NO4S. The Hall–Kier alpha value is -1.25. The van der Waals surface area contributed by atoms with Gasteiger partial charge in [-0.05, 0) is 18.9 Å². The average Bonchev–Trinajstić information content (AvgIpc) is 2.31. The summed E-state index contributed by atoms with van der Waals surface area (Å²) in [6.07, 6.45) is 1.18. The zero-order valence-corrected chi connectivity index (χ0v) is 12.5. The molecule has 0 radical (unpaired) electrons. The summed E-state index contributed by atoms with van der Waals surface area (Å²) in [4.78, 5) is 11.0. The summed E-state index contributed by atoms with van der Waals surface area (Å²) in [6, 6.07) is 0.723. The fourth-order valence-corrected chi connectivity index (χ4v) is 2.93. The highest BCUT2D eigenvalue weighted by Crippen LogP contribution is 2.25. The van der Waals surface area contributed by atoms with Crippen molar-refractivity contribution in [1.29, 1.82) is 0 Å². The van der Waals surface area contributed by atoms with Crippen molar-refractivity contribution in [3.63, 3.8) is 0 Å². The largest absolute Gasteiger partial charge is 0.381 e. The molecule has 9 heteroatoms. The summed E-state index contributed by atoms with van der Waals surface area (Å²) < 4.78 is 54.4. The second kappa shape index (κ2) is 5.86. The zero-order chi connectivity index (χ0) is 15.8. The molecule has 0 saturated heterocycles. The lowest BCUT2D eigenvalue weighted by Crippen LogP contribution is -2.47. The summed E-state index contributed by atoms with van der Waals surface area (Å²) in [5.41, 5.74) is -0.573. The van der Waals surface area contributed by atoms with Crippen molar-refractivity contribution in [2.24, 2.45) is 0 Å². The third-order valence-electron chi connectivity index (χ3n) is 3.29. The van der Waals surface area contributed by atoms with E-state index in [9.17, 15) is 22.0 Å². The van der Waals surface area contributed by atoms with E-state index in [0.717, 1.165) is 0 Å². The van der Waals surface area contributed by atoms with Crippen LogP contribution in [0.5, 0.6) is 0 Å². The SMILES string of the molecule is COC1CC(NC(=O)c2cc(S(=O)(=O)Cl)c(F)cc2F)C1. The minimum atomic E-state index is -4.41. The van der Waals surface area contributed by atoms with Crippen LogP contribution < -0.4 is 5.32 Å². The first-order chi connectivity index (χ1) is 9.72. The molecular weight excluding hydrogens is 328 g/mol. The highest BCUT2D eigenvalue weighted by atomic mass is 35.7. The second-order valence-electron chi connectivity index (χ2n) is 4.70. The van der Waals surface area contributed by atoms with Crippen molar-refractivity contribution in [1.82, 2.24) is 5.32 Å². The number of ether oxygens (including phenoxy) is 1. The Morgan fingerprint density at radius 1 is 1.33 bits per heavy atom. The van der Waals surface area contributed by atoms with Crippen LogP contribution in [-0.4, -0.2) is 33.6 Å². The predicted octanol–water partition coefficient (Wildman–Crippen LogP) is 1.80. The maximum atomic E-state index is 13.6. The Morgan fingerprint density at radius 2 is 1.95 bits per heavy atom. The van der Waals surface area contributed by atoms with Crippen LogP contribution in [0.4, 0.5) is 8.78 Å². The van der Waals surface area contributed by atoms with Crippen LogP contribution in [0.2, 0.25) is 0 Å². The molecule has 1 aliphatic carbocycles. The molecule has 2 rings (SSSR count). The van der Waals surface area contributed by atoms with Crippen molar-refractivity contribution in [2.75, 3.05) is 7.11 Å². The molecule has 0 heterocycles. The Kier molecular flexibility index (Phi) is 4.50. The van der Waals surface area contributed by atoms with Crippen molar-refractivity contribution in [2.45, 2.75) is 29.9 Å². The topological polar surface area (TPSA) is 72.5 Å². The number of amides is 1. The molecule has 1 aromatic rings. The molecule has 5 nitrogen and oxygen atoms in total. The van der Waals surface area contributed by atoms with E-state index in [4.69, 9.17) is 15.4 Å². The first kappa shape index (κ1) is 16.1. The molecule has 1 aliphatic rings. The van der Waals surface area contributed by atoms with E-state index in [1.807, 2.05) is 0 Å². The van der Waals surface area contributed by atoms with Gasteiger partial charge in [0.05, 0.1) is 11.7 Å². The number of nitrogens with one attached hydrogen (secondary N) is 1. The van der Waals surface area contributed by atoms with Gasteiger partial charge in [0.1, 0.15) is 16.5 Å². The van der Waals surface area contributed by atoms with E-state index in [0.29, 0.717) is 25.0 Å². The molecule has 1 fully saturated rings. The molecule has 1 amide bonds. The molecule has 0 aromatic heterocycles. The maximum absolute atomic E-state index is 13.6. The minimum Gasteiger partial charge on any atom is -0.381 e. The minimum absolute atomic E-state index is 0.0344. The van der Waals surface area contributed by atoms with E-state index in [2.05, 4.69) is 5.32 Å². The number of methoxy groups -OCH3 is 1. The Balaban J connectivity index is 2.21. The molecule has 1 saturated carbocycles. The molecule has 1 aromatic carbocycles. The summed E-state index contributed by atoms with van der Waals surface area (Å²) in [6.45, 7) is 0. The molecule has 116 valence electrons. The lowest BCUT2D eigenvalue weighted by atomic mass is 9.89. The molecule has 0 atom stereocenters. The van der Waals surface area contributed by atoms with Gasteiger partial charge in [-0.3, -0.25) is 4.79 Å². The van der Waals surface area contributed by atoms with Crippen molar-refractivity contribution in [3.05, 3.63) is 29.3 Å². The standard InChI is InChI=1S/C12H12ClF2NO4S/c1-20-7-2-6(3-7)16-12(17)8-4-11(21(13,18)19)10(15)5-9(8)14/h4-7H,2-3H2,1H3,(H,16,17). The van der Waals surface area contributed by atoms with E-state index < -0.39 is 37.1 Å². The fraction of sp³-hybridized carbons (Fsp3) is 0.417. The quantitative estimate of drug-likeness (QED) is 0.849. The summed E-state index contributed by atoms with van der Waals surface area (Å²) in [7, 11) is 2.17. The molecule has 0 bridgehead atoms. The number of halogens is 3. The van der Waals surface area contributed by atoms with Gasteiger partial charge < -0.3 is 10.1 Å². The summed E-state index contributed by atoms with van der Waals surface area (Å²) in [5, 5.41) is 2.52. The smallest absolute Gasteiger partial charge is 0.264 e. The molecule has 1 N–H and O–H groups in total. The van der Waals surface area contributed by atoms with E-state index >= 15 is 0 Å². The second-order valence-corrected chi connectivity index (χ2v) is 7.23. The van der Waals surface area contributed by atoms with E-state index in [-0.39, 0.29) is 12.1 Å². The Labute approximate surface area is 124 Å². The summed E-state index contributed by atoms with van der Waals surface area (Å²) in [5.74, 6) is -3.33. The van der Waals surface area contributed by atoms with Gasteiger partial charge in [0, 0.05) is 29.9 Å². The normalized spacial score (nSPS) is 21.7. The van der Waals surface area contributed by atoms with Crippen LogP contribution in [0.25, 0.3) is 0 Å².